The van der Waals surface area contributed by atoms with Crippen LogP contribution in [0.5, 0.6) is 0 Å². The molecule has 2 bridgehead atoms. The molecular weight excluding hydrogens is 264 g/mol. The summed E-state index contributed by atoms with van der Waals surface area (Å²) >= 11 is 0. The molecule has 0 aliphatic heterocycles. The summed E-state index contributed by atoms with van der Waals surface area (Å²) in [5.41, 5.74) is 8.80. The Morgan fingerprint density at radius 1 is 1.38 bits per heavy atom. The Morgan fingerprint density at radius 2 is 2.19 bits per heavy atom. The zero-order valence-corrected chi connectivity index (χ0v) is 12.8. The highest BCUT2D eigenvalue weighted by Gasteiger charge is 2.39. The van der Waals surface area contributed by atoms with Gasteiger partial charge >= 0.3 is 5.97 Å². The number of fused-ring (bicyclic) bond motifs is 2. The molecule has 0 spiro atoms. The Labute approximate surface area is 126 Å². The molecule has 3 rings (SSSR count). The van der Waals surface area contributed by atoms with Crippen molar-refractivity contribution in [3.63, 3.8) is 0 Å². The lowest BCUT2D eigenvalue weighted by atomic mass is 9.89. The first kappa shape index (κ1) is 14.2. The molecule has 0 aromatic heterocycles. The summed E-state index contributed by atoms with van der Waals surface area (Å²) in [4.78, 5) is 11.8. The summed E-state index contributed by atoms with van der Waals surface area (Å²) in [5.74, 6) is 2.26. The van der Waals surface area contributed by atoms with Crippen LogP contribution in [0, 0.1) is 24.7 Å². The standard InChI is InChI=1S/C17H24N2O2/c1-10-5-14(8-15(16(10)18)17(20)21-2)19-9-13-7-11-3-4-12(13)6-11/h5,8,11-13,19H,3-4,6-7,9,18H2,1-2H3. The Balaban J connectivity index is 1.70. The van der Waals surface area contributed by atoms with Crippen molar-refractivity contribution in [2.75, 3.05) is 24.7 Å². The average Bonchev–Trinajstić information content (AvgIpc) is 3.10. The van der Waals surface area contributed by atoms with Crippen molar-refractivity contribution in [1.82, 2.24) is 0 Å². The molecule has 0 radical (unpaired) electrons. The smallest absolute Gasteiger partial charge is 0.340 e. The fourth-order valence-electron chi connectivity index (χ4n) is 4.05. The van der Waals surface area contributed by atoms with E-state index >= 15 is 0 Å². The zero-order valence-electron chi connectivity index (χ0n) is 12.8. The van der Waals surface area contributed by atoms with Crippen LogP contribution in [0.4, 0.5) is 11.4 Å². The lowest BCUT2D eigenvalue weighted by Crippen LogP contribution is -2.20. The Morgan fingerprint density at radius 3 is 2.81 bits per heavy atom. The van der Waals surface area contributed by atoms with Crippen LogP contribution >= 0.6 is 0 Å². The second kappa shape index (κ2) is 5.58. The van der Waals surface area contributed by atoms with Crippen LogP contribution in [0.25, 0.3) is 0 Å². The van der Waals surface area contributed by atoms with Crippen LogP contribution in [-0.2, 0) is 4.74 Å². The highest BCUT2D eigenvalue weighted by molar-refractivity contribution is 5.97. The number of carbonyl (C=O) groups is 1. The van der Waals surface area contributed by atoms with Gasteiger partial charge in [-0.1, -0.05) is 6.42 Å². The highest BCUT2D eigenvalue weighted by atomic mass is 16.5. The quantitative estimate of drug-likeness (QED) is 0.659. The third kappa shape index (κ3) is 2.71. The number of anilines is 2. The minimum Gasteiger partial charge on any atom is -0.465 e. The van der Waals surface area contributed by atoms with Gasteiger partial charge in [-0.3, -0.25) is 0 Å². The topological polar surface area (TPSA) is 64.3 Å². The van der Waals surface area contributed by atoms with Gasteiger partial charge in [-0.05, 0) is 61.6 Å². The van der Waals surface area contributed by atoms with Crippen molar-refractivity contribution < 1.29 is 9.53 Å². The van der Waals surface area contributed by atoms with Crippen molar-refractivity contribution >= 4 is 17.3 Å². The maximum absolute atomic E-state index is 11.8. The molecule has 2 aliphatic rings. The van der Waals surface area contributed by atoms with Crippen LogP contribution in [0.15, 0.2) is 12.1 Å². The van der Waals surface area contributed by atoms with Gasteiger partial charge in [0, 0.05) is 17.9 Å². The van der Waals surface area contributed by atoms with E-state index in [1.54, 1.807) is 6.07 Å². The molecule has 3 N–H and O–H groups in total. The lowest BCUT2D eigenvalue weighted by molar-refractivity contribution is 0.0602. The molecule has 0 amide bonds. The largest absolute Gasteiger partial charge is 0.465 e. The van der Waals surface area contributed by atoms with E-state index in [1.807, 2.05) is 13.0 Å². The van der Waals surface area contributed by atoms with Gasteiger partial charge < -0.3 is 15.8 Å². The van der Waals surface area contributed by atoms with Crippen LogP contribution in [0.1, 0.15) is 41.6 Å². The van der Waals surface area contributed by atoms with Gasteiger partial charge in [0.25, 0.3) is 0 Å². The minimum absolute atomic E-state index is 0.376. The van der Waals surface area contributed by atoms with Crippen molar-refractivity contribution in [3.8, 4) is 0 Å². The number of carbonyl (C=O) groups excluding carboxylic acids is 1. The maximum Gasteiger partial charge on any atom is 0.340 e. The highest BCUT2D eigenvalue weighted by Crippen LogP contribution is 2.48. The predicted octanol–water partition coefficient (Wildman–Crippen LogP) is 3.21. The zero-order chi connectivity index (χ0) is 15.0. The van der Waals surface area contributed by atoms with Crippen LogP contribution < -0.4 is 11.1 Å². The van der Waals surface area contributed by atoms with Crippen molar-refractivity contribution in [2.45, 2.75) is 32.6 Å². The van der Waals surface area contributed by atoms with Gasteiger partial charge in [-0.15, -0.1) is 0 Å². The first-order valence-corrected chi connectivity index (χ1v) is 7.80. The van der Waals surface area contributed by atoms with Gasteiger partial charge in [0.2, 0.25) is 0 Å². The fourth-order valence-corrected chi connectivity index (χ4v) is 4.05. The molecule has 2 aliphatic carbocycles. The SMILES string of the molecule is COC(=O)c1cc(NCC2CC3CCC2C3)cc(C)c1N. The van der Waals surface area contributed by atoms with Crippen LogP contribution in [0.3, 0.4) is 0 Å². The molecule has 3 unspecified atom stereocenters. The minimum atomic E-state index is -0.376. The van der Waals surface area contributed by atoms with Gasteiger partial charge in [-0.2, -0.15) is 0 Å². The molecule has 21 heavy (non-hydrogen) atoms. The van der Waals surface area contributed by atoms with E-state index in [9.17, 15) is 4.79 Å². The van der Waals surface area contributed by atoms with E-state index in [1.165, 1.54) is 32.8 Å². The van der Waals surface area contributed by atoms with E-state index in [0.29, 0.717) is 11.3 Å². The van der Waals surface area contributed by atoms with Crippen molar-refractivity contribution in [1.29, 1.82) is 0 Å². The molecule has 4 heteroatoms. The number of aryl methyl sites for hydroxylation is 1. The second-order valence-corrected chi connectivity index (χ2v) is 6.56. The summed E-state index contributed by atoms with van der Waals surface area (Å²) in [7, 11) is 1.38. The van der Waals surface area contributed by atoms with Gasteiger partial charge in [0.1, 0.15) is 0 Å². The normalized spacial score (nSPS) is 26.9. The predicted molar refractivity (Wildman–Crippen MR) is 84.4 cm³/mol. The third-order valence-electron chi connectivity index (χ3n) is 5.25. The molecule has 0 saturated heterocycles. The number of rotatable bonds is 4. The van der Waals surface area contributed by atoms with Crippen LogP contribution in [0.2, 0.25) is 0 Å². The first-order valence-electron chi connectivity index (χ1n) is 7.80. The van der Waals surface area contributed by atoms with E-state index < -0.39 is 0 Å². The maximum atomic E-state index is 11.8. The Bertz CT molecular complexity index is 556. The van der Waals surface area contributed by atoms with E-state index in [0.717, 1.165) is 35.5 Å². The molecule has 2 fully saturated rings. The number of nitrogens with two attached hydrogens (primary N) is 1. The molecule has 4 nitrogen and oxygen atoms in total. The number of nitrogens with one attached hydrogen (secondary N) is 1. The number of hydrogen-bond donors (Lipinski definition) is 2. The second-order valence-electron chi connectivity index (χ2n) is 6.56. The van der Waals surface area contributed by atoms with Gasteiger partial charge in [0.05, 0.1) is 12.7 Å². The molecule has 3 atom stereocenters. The number of hydrogen-bond acceptors (Lipinski definition) is 4. The van der Waals surface area contributed by atoms with E-state index in [4.69, 9.17) is 10.5 Å². The fraction of sp³-hybridized carbons (Fsp3) is 0.588. The van der Waals surface area contributed by atoms with Gasteiger partial charge in [-0.25, -0.2) is 4.79 Å². The molecule has 1 aromatic rings. The number of benzene rings is 1. The number of methoxy groups -OCH3 is 1. The van der Waals surface area contributed by atoms with Crippen molar-refractivity contribution in [3.05, 3.63) is 23.3 Å². The van der Waals surface area contributed by atoms with E-state index in [-0.39, 0.29) is 5.97 Å². The van der Waals surface area contributed by atoms with Gasteiger partial charge in [0.15, 0.2) is 0 Å². The summed E-state index contributed by atoms with van der Waals surface area (Å²) < 4.78 is 4.80. The monoisotopic (exact) mass is 288 g/mol. The van der Waals surface area contributed by atoms with Crippen LogP contribution in [-0.4, -0.2) is 19.6 Å². The summed E-state index contributed by atoms with van der Waals surface area (Å²) in [6.07, 6.45) is 5.59. The lowest BCUT2D eigenvalue weighted by Gasteiger charge is -2.23. The summed E-state index contributed by atoms with van der Waals surface area (Å²) in [6.45, 7) is 2.91. The Kier molecular flexibility index (Phi) is 3.79. The molecule has 114 valence electrons. The molecule has 0 heterocycles. The summed E-state index contributed by atoms with van der Waals surface area (Å²) in [5, 5.41) is 3.50. The van der Waals surface area contributed by atoms with E-state index in [2.05, 4.69) is 5.32 Å². The average molecular weight is 288 g/mol. The first-order chi connectivity index (χ1) is 10.1. The Hall–Kier alpha value is -1.71. The molecule has 2 saturated carbocycles. The molecular formula is C17H24N2O2. The van der Waals surface area contributed by atoms with Crippen molar-refractivity contribution in [2.24, 2.45) is 17.8 Å². The third-order valence-corrected chi connectivity index (χ3v) is 5.25. The number of esters is 1. The molecule has 1 aromatic carbocycles. The number of ether oxygens (including phenoxy) is 1. The number of nitrogen functional groups attached to an aromatic ring is 1. The summed E-state index contributed by atoms with van der Waals surface area (Å²) in [6, 6.07) is 3.82.